The van der Waals surface area contributed by atoms with Crippen molar-refractivity contribution < 1.29 is 4.79 Å². The fraction of sp³-hybridized carbons (Fsp3) is 0.900. The molecule has 94 valence electrons. The molecule has 3 nitrogen and oxygen atoms in total. The number of hydrogen-bond acceptors (Lipinski definition) is 1. The van der Waals surface area contributed by atoms with Crippen molar-refractivity contribution in [1.29, 1.82) is 0 Å². The lowest BCUT2D eigenvalue weighted by Crippen LogP contribution is -2.60. The van der Waals surface area contributed by atoms with E-state index in [4.69, 9.17) is 11.1 Å². The number of hydrogen-bond donors (Lipinski definition) is 0. The molecule has 1 aliphatic rings. The largest absolute Gasteiger partial charge is 0.352 e. The minimum absolute atomic E-state index is 0.214. The van der Waals surface area contributed by atoms with Crippen LogP contribution in [0, 0.1) is 0 Å². The summed E-state index contributed by atoms with van der Waals surface area (Å²) in [6.45, 7) is 12.6. The predicted molar refractivity (Wildman–Crippen MR) is 75.0 cm³/mol. The molecule has 0 radical (unpaired) electrons. The van der Waals surface area contributed by atoms with E-state index in [2.05, 4.69) is 37.3 Å². The molecule has 0 aromatic rings. The van der Waals surface area contributed by atoms with Crippen molar-refractivity contribution in [3.63, 3.8) is 0 Å². The van der Waals surface area contributed by atoms with Crippen molar-refractivity contribution in [2.45, 2.75) is 39.2 Å². The summed E-state index contributed by atoms with van der Waals surface area (Å²) >= 11 is 6.33. The highest BCUT2D eigenvalue weighted by atomic mass is 35.6. The topological polar surface area (TPSA) is 23.6 Å². The number of nitrogens with zero attached hydrogens (tertiary/aromatic N) is 2. The molecule has 1 heterocycles. The average molecular weight is 279 g/mol. The Bertz CT molecular complexity index is 273. The first-order valence-corrected chi connectivity index (χ1v) is 13.5. The summed E-state index contributed by atoms with van der Waals surface area (Å²) in [6, 6.07) is 0.214. The molecule has 1 rings (SSSR count). The third kappa shape index (κ3) is 3.78. The molecular weight excluding hydrogens is 256 g/mol. The summed E-state index contributed by atoms with van der Waals surface area (Å²) in [5, 5.41) is 0. The molecular formula is C10H23ClN2OSi2. The van der Waals surface area contributed by atoms with Crippen LogP contribution >= 0.6 is 11.1 Å². The first-order chi connectivity index (χ1) is 7.11. The van der Waals surface area contributed by atoms with E-state index in [1.165, 1.54) is 0 Å². The van der Waals surface area contributed by atoms with E-state index in [1.54, 1.807) is 0 Å². The van der Waals surface area contributed by atoms with Crippen molar-refractivity contribution in [3.8, 4) is 0 Å². The maximum atomic E-state index is 12.3. The van der Waals surface area contributed by atoms with E-state index >= 15 is 0 Å². The van der Waals surface area contributed by atoms with Crippen molar-refractivity contribution in [1.82, 2.24) is 9.47 Å². The molecule has 16 heavy (non-hydrogen) atoms. The Morgan fingerprint density at radius 2 is 1.75 bits per heavy atom. The van der Waals surface area contributed by atoms with E-state index < -0.39 is 15.6 Å². The van der Waals surface area contributed by atoms with Crippen LogP contribution in [0.3, 0.4) is 0 Å². The number of amides is 2. The van der Waals surface area contributed by atoms with Gasteiger partial charge in [0.15, 0.2) is 15.6 Å². The number of halogens is 1. The monoisotopic (exact) mass is 278 g/mol. The summed E-state index contributed by atoms with van der Waals surface area (Å²) in [4.78, 5) is 14.3. The molecule has 2 amide bonds. The minimum atomic E-state index is -1.71. The van der Waals surface area contributed by atoms with Crippen LogP contribution in [-0.2, 0) is 0 Å². The number of carbonyl (C=O) groups excluding carboxylic acids is 1. The van der Waals surface area contributed by atoms with Crippen LogP contribution in [0.5, 0.6) is 0 Å². The first-order valence-electron chi connectivity index (χ1n) is 5.87. The lowest BCUT2D eigenvalue weighted by atomic mass is 10.3. The quantitative estimate of drug-likeness (QED) is 0.575. The van der Waals surface area contributed by atoms with E-state index in [1.807, 2.05) is 4.90 Å². The second-order valence-corrected chi connectivity index (χ2v) is 17.8. The zero-order valence-corrected chi connectivity index (χ0v) is 13.8. The molecule has 0 bridgehead atoms. The predicted octanol–water partition coefficient (Wildman–Crippen LogP) is 2.93. The third-order valence-electron chi connectivity index (χ3n) is 2.69. The average Bonchev–Trinajstić information content (AvgIpc) is 2.04. The van der Waals surface area contributed by atoms with Gasteiger partial charge in [0.05, 0.1) is 0 Å². The van der Waals surface area contributed by atoms with Crippen molar-refractivity contribution in [2.24, 2.45) is 0 Å². The van der Waals surface area contributed by atoms with Crippen molar-refractivity contribution in [3.05, 3.63) is 0 Å². The molecule has 0 atom stereocenters. The Labute approximate surface area is 106 Å². The fourth-order valence-corrected chi connectivity index (χ4v) is 5.18. The zero-order valence-electron chi connectivity index (χ0n) is 11.0. The molecule has 0 N–H and O–H groups in total. The van der Waals surface area contributed by atoms with Gasteiger partial charge in [0.2, 0.25) is 0 Å². The second-order valence-electron chi connectivity index (χ2n) is 6.10. The van der Waals surface area contributed by atoms with Gasteiger partial charge in [0.25, 0.3) is 0 Å². The lowest BCUT2D eigenvalue weighted by Gasteiger charge is -2.43. The van der Waals surface area contributed by atoms with Gasteiger partial charge >= 0.3 is 6.03 Å². The highest BCUT2D eigenvalue weighted by Gasteiger charge is 2.36. The molecule has 0 saturated carbocycles. The highest BCUT2D eigenvalue weighted by molar-refractivity contribution is 7.19. The third-order valence-corrected chi connectivity index (χ3v) is 6.21. The maximum Gasteiger partial charge on any atom is 0.311 e. The van der Waals surface area contributed by atoms with Crippen LogP contribution in [0.1, 0.15) is 6.42 Å². The Balaban J connectivity index is 2.72. The van der Waals surface area contributed by atoms with Gasteiger partial charge in [0.1, 0.15) is 0 Å². The summed E-state index contributed by atoms with van der Waals surface area (Å²) in [5.41, 5.74) is 0. The molecule has 0 aliphatic carbocycles. The Morgan fingerprint density at radius 1 is 1.19 bits per heavy atom. The lowest BCUT2D eigenvalue weighted by molar-refractivity contribution is 0.165. The van der Waals surface area contributed by atoms with Gasteiger partial charge < -0.3 is 9.47 Å². The summed E-state index contributed by atoms with van der Waals surface area (Å²) in [7, 11) is -3.23. The van der Waals surface area contributed by atoms with Gasteiger partial charge in [-0.2, -0.15) is 11.1 Å². The van der Waals surface area contributed by atoms with Crippen LogP contribution in [-0.4, -0.2) is 50.4 Å². The van der Waals surface area contributed by atoms with Crippen molar-refractivity contribution >= 4 is 32.7 Å². The van der Waals surface area contributed by atoms with Crippen LogP contribution in [0.25, 0.3) is 0 Å². The van der Waals surface area contributed by atoms with E-state index in [9.17, 15) is 4.79 Å². The minimum Gasteiger partial charge on any atom is -0.352 e. The van der Waals surface area contributed by atoms with Gasteiger partial charge in [-0.05, 0) is 6.42 Å². The maximum absolute atomic E-state index is 12.3. The van der Waals surface area contributed by atoms with E-state index in [0.717, 1.165) is 25.7 Å². The smallest absolute Gasteiger partial charge is 0.311 e. The SMILES string of the molecule is C[Si](C)(Cl)CN1CCCN([Si](C)(C)C)C1=O. The van der Waals surface area contributed by atoms with E-state index in [0.29, 0.717) is 0 Å². The van der Waals surface area contributed by atoms with Crippen molar-refractivity contribution in [2.75, 3.05) is 19.3 Å². The Kier molecular flexibility index (Phi) is 4.13. The van der Waals surface area contributed by atoms with Gasteiger partial charge in [0, 0.05) is 19.3 Å². The standard InChI is InChI=1S/C10H23ClN2OSi2/c1-15(2,3)13-8-6-7-12(10(13)14)9-16(4,5)11/h6-9H2,1-5H3. The molecule has 0 unspecified atom stereocenters. The molecule has 1 saturated heterocycles. The van der Waals surface area contributed by atoms with E-state index in [-0.39, 0.29) is 6.03 Å². The van der Waals surface area contributed by atoms with Gasteiger partial charge in [-0.25, -0.2) is 4.79 Å². The van der Waals surface area contributed by atoms with Crippen LogP contribution in [0.15, 0.2) is 0 Å². The molecule has 1 fully saturated rings. The molecule has 0 spiro atoms. The molecule has 1 aliphatic heterocycles. The Morgan fingerprint density at radius 3 is 2.19 bits per heavy atom. The van der Waals surface area contributed by atoms with Gasteiger partial charge in [-0.3, -0.25) is 0 Å². The second kappa shape index (κ2) is 4.70. The van der Waals surface area contributed by atoms with Gasteiger partial charge in [-0.1, -0.05) is 32.7 Å². The van der Waals surface area contributed by atoms with Gasteiger partial charge in [-0.15, -0.1) is 0 Å². The number of carbonyl (C=O) groups is 1. The van der Waals surface area contributed by atoms with Crippen LogP contribution in [0.4, 0.5) is 4.79 Å². The number of urea groups is 1. The highest BCUT2D eigenvalue weighted by Crippen LogP contribution is 2.20. The van der Waals surface area contributed by atoms with Crippen LogP contribution < -0.4 is 0 Å². The normalized spacial score (nSPS) is 19.2. The molecule has 6 heteroatoms. The summed E-state index contributed by atoms with van der Waals surface area (Å²) in [5.74, 6) is 0. The summed E-state index contributed by atoms with van der Waals surface area (Å²) in [6.07, 6.45) is 1.85. The fourth-order valence-electron chi connectivity index (χ4n) is 2.00. The summed E-state index contributed by atoms with van der Waals surface area (Å²) < 4.78 is 2.09. The molecule has 0 aromatic heterocycles. The van der Waals surface area contributed by atoms with Crippen LogP contribution in [0.2, 0.25) is 32.7 Å². The molecule has 0 aromatic carbocycles. The first kappa shape index (κ1) is 14.1. The zero-order chi connectivity index (χ0) is 12.6. The number of rotatable bonds is 3. The Hall–Kier alpha value is -0.00623.